The summed E-state index contributed by atoms with van der Waals surface area (Å²) in [4.78, 5) is 24.1. The van der Waals surface area contributed by atoms with Crippen LogP contribution in [-0.4, -0.2) is 35.5 Å². The molecule has 5 heteroatoms. The number of benzene rings is 1. The van der Waals surface area contributed by atoms with Crippen molar-refractivity contribution < 1.29 is 19.1 Å². The quantitative estimate of drug-likeness (QED) is 0.802. The van der Waals surface area contributed by atoms with E-state index in [1.54, 1.807) is 18.0 Å². The Kier molecular flexibility index (Phi) is 6.85. The molecule has 116 valence electrons. The van der Waals surface area contributed by atoms with E-state index in [1.807, 2.05) is 13.0 Å². The van der Waals surface area contributed by atoms with Gasteiger partial charge in [0.1, 0.15) is 5.82 Å². The van der Waals surface area contributed by atoms with Gasteiger partial charge in [-0.15, -0.1) is 0 Å². The molecule has 1 amide bonds. The molecule has 0 saturated heterocycles. The summed E-state index contributed by atoms with van der Waals surface area (Å²) in [6, 6.07) is 6.38. The van der Waals surface area contributed by atoms with E-state index in [0.717, 1.165) is 5.56 Å². The number of hydrogen-bond acceptors (Lipinski definition) is 2. The van der Waals surface area contributed by atoms with E-state index < -0.39 is 5.97 Å². The zero-order chi connectivity index (χ0) is 15.8. The zero-order valence-electron chi connectivity index (χ0n) is 12.5. The average Bonchev–Trinajstić information content (AvgIpc) is 2.43. The molecule has 1 unspecified atom stereocenters. The van der Waals surface area contributed by atoms with Gasteiger partial charge in [-0.2, -0.15) is 0 Å². The summed E-state index contributed by atoms with van der Waals surface area (Å²) in [7, 11) is 1.68. The van der Waals surface area contributed by atoms with E-state index in [9.17, 15) is 14.0 Å². The van der Waals surface area contributed by atoms with Crippen LogP contribution < -0.4 is 0 Å². The Hall–Kier alpha value is -1.91. The van der Waals surface area contributed by atoms with Crippen molar-refractivity contribution in [3.8, 4) is 0 Å². The average molecular weight is 295 g/mol. The summed E-state index contributed by atoms with van der Waals surface area (Å²) in [5, 5.41) is 8.57. The van der Waals surface area contributed by atoms with Gasteiger partial charge in [0.25, 0.3) is 0 Å². The number of hydrogen-bond donors (Lipinski definition) is 1. The van der Waals surface area contributed by atoms with Crippen LogP contribution in [0.5, 0.6) is 0 Å². The number of amides is 1. The Morgan fingerprint density at radius 2 is 2.10 bits per heavy atom. The van der Waals surface area contributed by atoms with Crippen molar-refractivity contribution >= 4 is 11.9 Å². The van der Waals surface area contributed by atoms with Gasteiger partial charge in [0.05, 0.1) is 0 Å². The summed E-state index contributed by atoms with van der Waals surface area (Å²) in [6.07, 6.45) is 1.81. The van der Waals surface area contributed by atoms with Crippen molar-refractivity contribution in [2.24, 2.45) is 5.92 Å². The number of aliphatic carboxylic acids is 1. The smallest absolute Gasteiger partial charge is 0.303 e. The fraction of sp³-hybridized carbons (Fsp3) is 0.500. The molecular weight excluding hydrogens is 273 g/mol. The van der Waals surface area contributed by atoms with E-state index >= 15 is 0 Å². The van der Waals surface area contributed by atoms with Crippen LogP contribution in [0.25, 0.3) is 0 Å². The van der Waals surface area contributed by atoms with Crippen molar-refractivity contribution in [2.75, 3.05) is 13.6 Å². The van der Waals surface area contributed by atoms with Crippen LogP contribution >= 0.6 is 0 Å². The maximum absolute atomic E-state index is 13.1. The molecule has 1 aromatic rings. The van der Waals surface area contributed by atoms with Gasteiger partial charge >= 0.3 is 5.97 Å². The van der Waals surface area contributed by atoms with E-state index in [0.29, 0.717) is 25.8 Å². The maximum Gasteiger partial charge on any atom is 0.303 e. The molecule has 0 aliphatic carbocycles. The monoisotopic (exact) mass is 295 g/mol. The minimum Gasteiger partial charge on any atom is -0.481 e. The molecule has 0 saturated carbocycles. The first-order valence-corrected chi connectivity index (χ1v) is 7.11. The number of aryl methyl sites for hydroxylation is 1. The number of halogens is 1. The SMILES string of the molecule is CC(CCc1cccc(F)c1)C(=O)N(C)CCCC(=O)O. The summed E-state index contributed by atoms with van der Waals surface area (Å²) >= 11 is 0. The zero-order valence-corrected chi connectivity index (χ0v) is 12.5. The van der Waals surface area contributed by atoms with E-state index in [2.05, 4.69) is 0 Å². The minimum atomic E-state index is -0.852. The second-order valence-electron chi connectivity index (χ2n) is 5.33. The number of rotatable bonds is 8. The Balaban J connectivity index is 2.38. The van der Waals surface area contributed by atoms with Gasteiger partial charge in [0.15, 0.2) is 0 Å². The van der Waals surface area contributed by atoms with Crippen LogP contribution in [-0.2, 0) is 16.0 Å². The maximum atomic E-state index is 13.1. The molecule has 0 fully saturated rings. The second-order valence-corrected chi connectivity index (χ2v) is 5.33. The first-order valence-electron chi connectivity index (χ1n) is 7.11. The van der Waals surface area contributed by atoms with E-state index in [1.165, 1.54) is 12.1 Å². The predicted molar refractivity (Wildman–Crippen MR) is 78.4 cm³/mol. The summed E-state index contributed by atoms with van der Waals surface area (Å²) < 4.78 is 13.1. The third-order valence-electron chi connectivity index (χ3n) is 3.44. The van der Waals surface area contributed by atoms with Crippen LogP contribution in [0.15, 0.2) is 24.3 Å². The molecule has 21 heavy (non-hydrogen) atoms. The molecule has 1 atom stereocenters. The lowest BCUT2D eigenvalue weighted by Crippen LogP contribution is -2.33. The summed E-state index contributed by atoms with van der Waals surface area (Å²) in [5.74, 6) is -1.29. The third-order valence-corrected chi connectivity index (χ3v) is 3.44. The normalized spacial score (nSPS) is 12.0. The lowest BCUT2D eigenvalue weighted by atomic mass is 10.00. The number of carbonyl (C=O) groups excluding carboxylic acids is 1. The Labute approximate surface area is 124 Å². The fourth-order valence-electron chi connectivity index (χ4n) is 2.15. The molecule has 0 aliphatic heterocycles. The molecule has 0 spiro atoms. The Morgan fingerprint density at radius 1 is 1.38 bits per heavy atom. The third kappa shape index (κ3) is 6.38. The topological polar surface area (TPSA) is 57.6 Å². The first-order chi connectivity index (χ1) is 9.90. The second kappa shape index (κ2) is 8.39. The van der Waals surface area contributed by atoms with Gasteiger partial charge in [-0.1, -0.05) is 19.1 Å². The summed E-state index contributed by atoms with van der Waals surface area (Å²) in [6.45, 7) is 2.28. The lowest BCUT2D eigenvalue weighted by Gasteiger charge is -2.21. The van der Waals surface area contributed by atoms with Gasteiger partial charge in [0.2, 0.25) is 5.91 Å². The van der Waals surface area contributed by atoms with Crippen molar-refractivity contribution in [3.05, 3.63) is 35.6 Å². The highest BCUT2D eigenvalue weighted by molar-refractivity contribution is 5.78. The van der Waals surface area contributed by atoms with Gasteiger partial charge in [-0.25, -0.2) is 4.39 Å². The molecule has 1 aromatic carbocycles. The summed E-state index contributed by atoms with van der Waals surface area (Å²) in [5.41, 5.74) is 0.878. The van der Waals surface area contributed by atoms with Crippen molar-refractivity contribution in [1.82, 2.24) is 4.90 Å². The molecule has 1 N–H and O–H groups in total. The van der Waals surface area contributed by atoms with Crippen LogP contribution in [0.2, 0.25) is 0 Å². The van der Waals surface area contributed by atoms with Gasteiger partial charge < -0.3 is 10.0 Å². The van der Waals surface area contributed by atoms with Crippen LogP contribution in [0, 0.1) is 11.7 Å². The van der Waals surface area contributed by atoms with Crippen LogP contribution in [0.3, 0.4) is 0 Å². The van der Waals surface area contributed by atoms with Gasteiger partial charge in [-0.3, -0.25) is 9.59 Å². The van der Waals surface area contributed by atoms with Gasteiger partial charge in [0, 0.05) is 25.9 Å². The highest BCUT2D eigenvalue weighted by Crippen LogP contribution is 2.13. The first kappa shape index (κ1) is 17.1. The molecule has 0 radical (unpaired) electrons. The molecule has 0 aromatic heterocycles. The lowest BCUT2D eigenvalue weighted by molar-refractivity contribution is -0.138. The van der Waals surface area contributed by atoms with E-state index in [-0.39, 0.29) is 24.1 Å². The largest absolute Gasteiger partial charge is 0.481 e. The molecule has 4 nitrogen and oxygen atoms in total. The highest BCUT2D eigenvalue weighted by atomic mass is 19.1. The minimum absolute atomic E-state index is 0.00297. The van der Waals surface area contributed by atoms with Crippen molar-refractivity contribution in [3.63, 3.8) is 0 Å². The molecule has 0 bridgehead atoms. The standard InChI is InChI=1S/C16H22FNO3/c1-12(8-9-13-5-3-6-14(17)11-13)16(21)18(2)10-4-7-15(19)20/h3,5-6,11-12H,4,7-10H2,1-2H3,(H,19,20). The van der Waals surface area contributed by atoms with Gasteiger partial charge in [-0.05, 0) is 37.0 Å². The predicted octanol–water partition coefficient (Wildman–Crippen LogP) is 2.72. The molecule has 0 aliphatic rings. The highest BCUT2D eigenvalue weighted by Gasteiger charge is 2.17. The van der Waals surface area contributed by atoms with E-state index in [4.69, 9.17) is 5.11 Å². The number of carbonyl (C=O) groups is 2. The Bertz CT molecular complexity index is 490. The number of carboxylic acids is 1. The van der Waals surface area contributed by atoms with Crippen LogP contribution in [0.4, 0.5) is 4.39 Å². The molecular formula is C16H22FNO3. The van der Waals surface area contributed by atoms with Crippen molar-refractivity contribution in [1.29, 1.82) is 0 Å². The fourth-order valence-corrected chi connectivity index (χ4v) is 2.15. The molecule has 1 rings (SSSR count). The number of nitrogens with zero attached hydrogens (tertiary/aromatic N) is 1. The van der Waals surface area contributed by atoms with Crippen LogP contribution in [0.1, 0.15) is 31.7 Å². The van der Waals surface area contributed by atoms with Crippen molar-refractivity contribution in [2.45, 2.75) is 32.6 Å². The molecule has 0 heterocycles. The number of carboxylic acid groups (broad SMARTS) is 1. The Morgan fingerprint density at radius 3 is 2.71 bits per heavy atom.